The molecule has 0 radical (unpaired) electrons. The summed E-state index contributed by atoms with van der Waals surface area (Å²) in [4.78, 5) is 11.7. The number of alkyl carbamates (subject to hydrolysis) is 1. The molecular formula is C17H18ClNO3. The van der Waals surface area contributed by atoms with Gasteiger partial charge >= 0.3 is 6.09 Å². The molecule has 2 N–H and O–H groups in total. The Morgan fingerprint density at radius 2 is 1.82 bits per heavy atom. The SMILES string of the molecule is CC(O)(CNC(=O)OCc1ccccc1)c1ccc(Cl)cc1. The maximum Gasteiger partial charge on any atom is 0.407 e. The summed E-state index contributed by atoms with van der Waals surface area (Å²) >= 11 is 5.82. The third-order valence-corrected chi connectivity index (χ3v) is 3.51. The molecule has 0 saturated heterocycles. The lowest BCUT2D eigenvalue weighted by atomic mass is 9.96. The largest absolute Gasteiger partial charge is 0.445 e. The van der Waals surface area contributed by atoms with Gasteiger partial charge in [0.05, 0.1) is 6.54 Å². The fourth-order valence-electron chi connectivity index (χ4n) is 1.93. The molecule has 2 aromatic rings. The quantitative estimate of drug-likeness (QED) is 0.887. The lowest BCUT2D eigenvalue weighted by molar-refractivity contribution is 0.0529. The number of hydrogen-bond donors (Lipinski definition) is 2. The highest BCUT2D eigenvalue weighted by Gasteiger charge is 2.24. The van der Waals surface area contributed by atoms with E-state index in [0.29, 0.717) is 10.6 Å². The van der Waals surface area contributed by atoms with Crippen molar-refractivity contribution in [1.82, 2.24) is 5.32 Å². The van der Waals surface area contributed by atoms with Crippen LogP contribution >= 0.6 is 11.6 Å². The molecule has 0 spiro atoms. The van der Waals surface area contributed by atoms with E-state index in [9.17, 15) is 9.90 Å². The van der Waals surface area contributed by atoms with E-state index in [1.807, 2.05) is 30.3 Å². The summed E-state index contributed by atoms with van der Waals surface area (Å²) < 4.78 is 5.10. The fraction of sp³-hybridized carbons (Fsp3) is 0.235. The Kier molecular flexibility index (Phi) is 5.41. The van der Waals surface area contributed by atoms with E-state index < -0.39 is 11.7 Å². The van der Waals surface area contributed by atoms with Crippen LogP contribution in [-0.4, -0.2) is 17.7 Å². The predicted molar refractivity (Wildman–Crippen MR) is 85.7 cm³/mol. The van der Waals surface area contributed by atoms with Gasteiger partial charge in [-0.15, -0.1) is 0 Å². The molecule has 5 heteroatoms. The predicted octanol–water partition coefficient (Wildman–Crippen LogP) is 3.47. The molecule has 4 nitrogen and oxygen atoms in total. The average molecular weight is 320 g/mol. The van der Waals surface area contributed by atoms with Gasteiger partial charge in [0.2, 0.25) is 0 Å². The van der Waals surface area contributed by atoms with Crippen LogP contribution in [0.5, 0.6) is 0 Å². The lowest BCUT2D eigenvalue weighted by Gasteiger charge is -2.24. The Labute approximate surface area is 134 Å². The first-order valence-electron chi connectivity index (χ1n) is 6.90. The number of carbonyl (C=O) groups is 1. The van der Waals surface area contributed by atoms with Crippen molar-refractivity contribution in [3.63, 3.8) is 0 Å². The molecule has 0 aliphatic rings. The summed E-state index contributed by atoms with van der Waals surface area (Å²) in [5, 5.41) is 13.6. The van der Waals surface area contributed by atoms with Gasteiger partial charge in [0.1, 0.15) is 12.2 Å². The molecule has 1 atom stereocenters. The molecule has 0 aliphatic carbocycles. The van der Waals surface area contributed by atoms with Gasteiger partial charge in [0, 0.05) is 5.02 Å². The number of aliphatic hydroxyl groups is 1. The third kappa shape index (κ3) is 4.76. The van der Waals surface area contributed by atoms with Crippen molar-refractivity contribution in [2.75, 3.05) is 6.54 Å². The van der Waals surface area contributed by atoms with Crippen molar-refractivity contribution in [2.24, 2.45) is 0 Å². The topological polar surface area (TPSA) is 58.6 Å². The molecule has 0 saturated carbocycles. The lowest BCUT2D eigenvalue weighted by Crippen LogP contribution is -2.38. The Morgan fingerprint density at radius 1 is 1.18 bits per heavy atom. The van der Waals surface area contributed by atoms with Gasteiger partial charge in [-0.25, -0.2) is 4.79 Å². The van der Waals surface area contributed by atoms with Crippen LogP contribution in [0.4, 0.5) is 4.79 Å². The van der Waals surface area contributed by atoms with Crippen LogP contribution < -0.4 is 5.32 Å². The zero-order chi connectivity index (χ0) is 16.0. The van der Waals surface area contributed by atoms with E-state index in [-0.39, 0.29) is 13.2 Å². The molecule has 0 aliphatic heterocycles. The summed E-state index contributed by atoms with van der Waals surface area (Å²) in [5.74, 6) is 0. The number of carbonyl (C=O) groups excluding carboxylic acids is 1. The van der Waals surface area contributed by atoms with E-state index in [1.54, 1.807) is 31.2 Å². The molecule has 0 fully saturated rings. The number of halogens is 1. The average Bonchev–Trinajstić information content (AvgIpc) is 2.52. The van der Waals surface area contributed by atoms with Crippen LogP contribution in [0, 0.1) is 0 Å². The molecule has 0 bridgehead atoms. The van der Waals surface area contributed by atoms with Crippen LogP contribution in [0.15, 0.2) is 54.6 Å². The highest BCUT2D eigenvalue weighted by Crippen LogP contribution is 2.21. The summed E-state index contributed by atoms with van der Waals surface area (Å²) in [7, 11) is 0. The Morgan fingerprint density at radius 3 is 2.45 bits per heavy atom. The number of benzene rings is 2. The Bertz CT molecular complexity index is 612. The highest BCUT2D eigenvalue weighted by atomic mass is 35.5. The summed E-state index contributed by atoms with van der Waals surface area (Å²) in [6, 6.07) is 16.2. The van der Waals surface area contributed by atoms with Gasteiger partial charge in [0.25, 0.3) is 0 Å². The molecule has 22 heavy (non-hydrogen) atoms. The number of amides is 1. The highest BCUT2D eigenvalue weighted by molar-refractivity contribution is 6.30. The second-order valence-corrected chi connectivity index (χ2v) is 5.63. The van der Waals surface area contributed by atoms with Gasteiger partial charge < -0.3 is 15.2 Å². The van der Waals surface area contributed by atoms with Gasteiger partial charge in [-0.1, -0.05) is 54.1 Å². The molecule has 1 unspecified atom stereocenters. The first-order valence-corrected chi connectivity index (χ1v) is 7.28. The van der Waals surface area contributed by atoms with Gasteiger partial charge in [-0.3, -0.25) is 0 Å². The standard InChI is InChI=1S/C17H18ClNO3/c1-17(21,14-7-9-15(18)10-8-14)12-19-16(20)22-11-13-5-3-2-4-6-13/h2-10,21H,11-12H2,1H3,(H,19,20). The van der Waals surface area contributed by atoms with E-state index >= 15 is 0 Å². The monoisotopic (exact) mass is 319 g/mol. The van der Waals surface area contributed by atoms with E-state index in [0.717, 1.165) is 5.56 Å². The van der Waals surface area contributed by atoms with Gasteiger partial charge in [0.15, 0.2) is 0 Å². The van der Waals surface area contributed by atoms with Gasteiger partial charge in [-0.05, 0) is 30.2 Å². The fourth-order valence-corrected chi connectivity index (χ4v) is 2.06. The van der Waals surface area contributed by atoms with Crippen LogP contribution in [-0.2, 0) is 16.9 Å². The zero-order valence-corrected chi connectivity index (χ0v) is 13.0. The Hall–Kier alpha value is -2.04. The molecule has 0 aromatic heterocycles. The molecule has 1 amide bonds. The van der Waals surface area contributed by atoms with Crippen LogP contribution in [0.1, 0.15) is 18.1 Å². The maximum atomic E-state index is 11.7. The number of rotatable bonds is 5. The first kappa shape index (κ1) is 16.3. The molecular weight excluding hydrogens is 302 g/mol. The van der Waals surface area contributed by atoms with Crippen LogP contribution in [0.2, 0.25) is 5.02 Å². The molecule has 2 aromatic carbocycles. The minimum absolute atomic E-state index is 0.0439. The van der Waals surface area contributed by atoms with E-state index in [2.05, 4.69) is 5.32 Å². The van der Waals surface area contributed by atoms with Crippen molar-refractivity contribution < 1.29 is 14.6 Å². The molecule has 2 rings (SSSR count). The first-order chi connectivity index (χ1) is 10.5. The summed E-state index contributed by atoms with van der Waals surface area (Å²) in [5.41, 5.74) is 0.374. The zero-order valence-electron chi connectivity index (χ0n) is 12.3. The normalized spacial score (nSPS) is 13.2. The van der Waals surface area contributed by atoms with Crippen LogP contribution in [0.25, 0.3) is 0 Å². The van der Waals surface area contributed by atoms with Crippen molar-refractivity contribution in [2.45, 2.75) is 19.1 Å². The van der Waals surface area contributed by atoms with Crippen molar-refractivity contribution >= 4 is 17.7 Å². The minimum atomic E-state index is -1.20. The van der Waals surface area contributed by atoms with Gasteiger partial charge in [-0.2, -0.15) is 0 Å². The van der Waals surface area contributed by atoms with Crippen molar-refractivity contribution in [3.8, 4) is 0 Å². The smallest absolute Gasteiger partial charge is 0.407 e. The van der Waals surface area contributed by atoms with Crippen molar-refractivity contribution in [3.05, 3.63) is 70.7 Å². The number of ether oxygens (including phenoxy) is 1. The van der Waals surface area contributed by atoms with Crippen molar-refractivity contribution in [1.29, 1.82) is 0 Å². The second-order valence-electron chi connectivity index (χ2n) is 5.20. The van der Waals surface area contributed by atoms with E-state index in [4.69, 9.17) is 16.3 Å². The molecule has 116 valence electrons. The third-order valence-electron chi connectivity index (χ3n) is 3.26. The minimum Gasteiger partial charge on any atom is -0.445 e. The maximum absolute atomic E-state index is 11.7. The summed E-state index contributed by atoms with van der Waals surface area (Å²) in [6.45, 7) is 1.85. The Balaban J connectivity index is 1.83. The molecule has 0 heterocycles. The van der Waals surface area contributed by atoms with Crippen LogP contribution in [0.3, 0.4) is 0 Å². The second kappa shape index (κ2) is 7.29. The summed E-state index contributed by atoms with van der Waals surface area (Å²) in [6.07, 6.45) is -0.571. The van der Waals surface area contributed by atoms with E-state index in [1.165, 1.54) is 0 Å². The number of hydrogen-bond acceptors (Lipinski definition) is 3. The number of nitrogens with one attached hydrogen (secondary N) is 1.